The van der Waals surface area contributed by atoms with Gasteiger partial charge in [0.2, 0.25) is 11.8 Å². The first-order chi connectivity index (χ1) is 38.3. The number of amides is 2. The fourth-order valence-corrected chi connectivity index (χ4v) is 10.9. The third-order valence-corrected chi connectivity index (χ3v) is 15.9. The molecule has 0 saturated carbocycles. The zero-order valence-electron chi connectivity index (χ0n) is 49.0. The number of allylic oxidation sites excluding steroid dienone is 1. The highest BCUT2D eigenvalue weighted by atomic mass is 16.8. The summed E-state index contributed by atoms with van der Waals surface area (Å²) < 4.78 is 35.2. The molecule has 0 spiro atoms. The Bertz CT molecular complexity index is 1700. The van der Waals surface area contributed by atoms with E-state index >= 15 is 0 Å². The molecule has 3 fully saturated rings. The third-order valence-electron chi connectivity index (χ3n) is 15.9. The fourth-order valence-electron chi connectivity index (χ4n) is 10.9. The Labute approximate surface area is 476 Å². The van der Waals surface area contributed by atoms with Crippen LogP contribution in [-0.4, -0.2) is 192 Å². The maximum Gasteiger partial charge on any atom is 0.364 e. The molecule has 3 heterocycles. The topological polar surface area (TPSA) is 333 Å². The molecule has 12 N–H and O–H groups in total. The van der Waals surface area contributed by atoms with Gasteiger partial charge < -0.3 is 90.1 Å². The van der Waals surface area contributed by atoms with Crippen LogP contribution in [0.4, 0.5) is 0 Å². The average molecular weight is 1150 g/mol. The Morgan fingerprint density at radius 2 is 1.15 bits per heavy atom. The smallest absolute Gasteiger partial charge is 0.364 e. The van der Waals surface area contributed by atoms with Crippen molar-refractivity contribution in [1.82, 2.24) is 10.6 Å². The summed E-state index contributed by atoms with van der Waals surface area (Å²) in [7, 11) is 0. The number of hydrogen-bond acceptors (Lipinski definition) is 18. The van der Waals surface area contributed by atoms with Crippen molar-refractivity contribution in [2.75, 3.05) is 13.2 Å². The molecule has 0 aliphatic carbocycles. The van der Waals surface area contributed by atoms with E-state index in [1.54, 1.807) is 6.08 Å². The van der Waals surface area contributed by atoms with Crippen LogP contribution in [0.15, 0.2) is 12.2 Å². The van der Waals surface area contributed by atoms with Gasteiger partial charge in [0, 0.05) is 19.8 Å². The predicted molar refractivity (Wildman–Crippen MR) is 299 cm³/mol. The summed E-state index contributed by atoms with van der Waals surface area (Å²) in [6.45, 7) is 7.04. The molecule has 21 heteroatoms. The number of carboxylic acid groups (broad SMARTS) is 1. The number of carboxylic acids is 1. The second-order valence-electron chi connectivity index (χ2n) is 22.9. The first-order valence-corrected chi connectivity index (χ1v) is 30.8. The number of nitrogens with one attached hydrogen (secondary N) is 2. The summed E-state index contributed by atoms with van der Waals surface area (Å²) in [6.07, 6.45) is 9.53. The van der Waals surface area contributed by atoms with Crippen LogP contribution in [0.3, 0.4) is 0 Å². The van der Waals surface area contributed by atoms with E-state index in [4.69, 9.17) is 28.4 Å². The number of ether oxygens (including phenoxy) is 6. The number of rotatable bonds is 43. The van der Waals surface area contributed by atoms with E-state index < -0.39 is 135 Å². The van der Waals surface area contributed by atoms with Crippen LogP contribution in [0.5, 0.6) is 0 Å². The molecule has 21 nitrogen and oxygen atoms in total. The molecule has 3 aliphatic rings. The van der Waals surface area contributed by atoms with Gasteiger partial charge in [0.05, 0.1) is 49.7 Å². The van der Waals surface area contributed by atoms with Crippen molar-refractivity contribution in [2.24, 2.45) is 0 Å². The van der Waals surface area contributed by atoms with Crippen LogP contribution in [-0.2, 0) is 42.8 Å². The van der Waals surface area contributed by atoms with Crippen molar-refractivity contribution in [1.29, 1.82) is 0 Å². The van der Waals surface area contributed by atoms with Gasteiger partial charge in [-0.2, -0.15) is 0 Å². The summed E-state index contributed by atoms with van der Waals surface area (Å²) in [5.74, 6) is -5.83. The van der Waals surface area contributed by atoms with Crippen LogP contribution in [0.25, 0.3) is 0 Å². The van der Waals surface area contributed by atoms with Gasteiger partial charge in [-0.05, 0) is 33.1 Å². The number of carbonyl (C=O) groups excluding carboxylic acids is 2. The Morgan fingerprint density at radius 1 is 0.650 bits per heavy atom. The summed E-state index contributed by atoms with van der Waals surface area (Å²) in [5, 5.41) is 115. The largest absolute Gasteiger partial charge is 0.477 e. The highest BCUT2D eigenvalue weighted by Crippen LogP contribution is 2.38. The van der Waals surface area contributed by atoms with Gasteiger partial charge in [-0.25, -0.2) is 4.79 Å². The van der Waals surface area contributed by atoms with Crippen molar-refractivity contribution < 1.29 is 93.9 Å². The molecule has 0 bridgehead atoms. The lowest BCUT2D eigenvalue weighted by Crippen LogP contribution is -2.70. The summed E-state index contributed by atoms with van der Waals surface area (Å²) in [5.41, 5.74) is 0. The van der Waals surface area contributed by atoms with Gasteiger partial charge in [0.25, 0.3) is 5.79 Å². The van der Waals surface area contributed by atoms with E-state index in [0.717, 1.165) is 51.9 Å². The number of unbranched alkanes of at least 4 members (excludes halogenated alkanes) is 25. The van der Waals surface area contributed by atoms with Crippen LogP contribution in [0, 0.1) is 0 Å². The van der Waals surface area contributed by atoms with Crippen LogP contribution < -0.4 is 10.6 Å². The number of aliphatic hydroxyl groups excluding tert-OH is 9. The molecule has 0 radical (unpaired) electrons. The van der Waals surface area contributed by atoms with Crippen LogP contribution in [0.2, 0.25) is 0 Å². The van der Waals surface area contributed by atoms with Gasteiger partial charge in [-0.1, -0.05) is 180 Å². The maximum atomic E-state index is 13.3. The molecule has 3 aliphatic heterocycles. The minimum atomic E-state index is -2.95. The molecule has 0 aromatic rings. The van der Waals surface area contributed by atoms with Gasteiger partial charge in [-0.3, -0.25) is 9.59 Å². The monoisotopic (exact) mass is 1150 g/mol. The van der Waals surface area contributed by atoms with E-state index in [1.165, 1.54) is 136 Å². The summed E-state index contributed by atoms with van der Waals surface area (Å²) in [4.78, 5) is 38.3. The number of aliphatic carboxylic acids is 1. The van der Waals surface area contributed by atoms with Crippen molar-refractivity contribution in [2.45, 2.75) is 331 Å². The van der Waals surface area contributed by atoms with Crippen molar-refractivity contribution in [3.8, 4) is 0 Å². The Hall–Kier alpha value is -2.45. The molecule has 3 saturated heterocycles. The SMILES string of the molecule is CCCCCCCCCCCCC/C=C/[C@@H](O)[C@H](CO[C@@H]1OC(C)[C@@H](O[C@@H]2OC(C)[C@H](O)C(O[C@]3(C(=O)O)CC(O)[C@@H](NC(C)=O)C([C@H](O)[C@H](O)CO)O3)C2O)C(O)C1O)NC(=O)CCCCCCCCCCCCCCCCC. The van der Waals surface area contributed by atoms with Gasteiger partial charge >= 0.3 is 5.97 Å². The lowest BCUT2D eigenvalue weighted by atomic mass is 9.88. The summed E-state index contributed by atoms with van der Waals surface area (Å²) >= 11 is 0. The first-order valence-electron chi connectivity index (χ1n) is 30.8. The minimum absolute atomic E-state index is 0.252. The zero-order chi connectivity index (χ0) is 59.0. The standard InChI is InChI=1S/C59H108N2O19/c1-6-8-10-12-14-16-18-20-21-23-25-27-29-31-33-35-46(67)61-42(43(64)34-32-30-28-26-24-22-19-17-15-13-11-9-7-2)38-75-56-51(71)50(70)53(40(4)77-56)78-57-52(72)55(48(68)39(3)76-57)80-59(58(73)74)36-44(65)47(60-41(5)63)54(79-59)49(69)45(66)37-62/h32,34,39-40,42-45,47-57,62,64-66,68-72H,6-31,33,35-38H2,1-5H3,(H,60,63)(H,61,67)(H,73,74)/b34-32+/t39?,40?,42-,43+,44?,45+,47+,48-,49+,50?,51?,52?,53+,54?,55?,56+,57-,59-/m0/s1. The van der Waals surface area contributed by atoms with Crippen LogP contribution in [0.1, 0.15) is 221 Å². The zero-order valence-corrected chi connectivity index (χ0v) is 49.0. The van der Waals surface area contributed by atoms with Crippen molar-refractivity contribution in [3.05, 3.63) is 12.2 Å². The number of aliphatic hydroxyl groups is 9. The van der Waals surface area contributed by atoms with Gasteiger partial charge in [-0.15, -0.1) is 0 Å². The molecule has 468 valence electrons. The molecule has 2 amide bonds. The molecular formula is C59H108N2O19. The second kappa shape index (κ2) is 40.0. The lowest BCUT2D eigenvalue weighted by Gasteiger charge is -2.50. The van der Waals surface area contributed by atoms with Gasteiger partial charge in [0.15, 0.2) is 12.6 Å². The number of carbonyl (C=O) groups is 3. The fraction of sp³-hybridized carbons (Fsp3) is 0.915. The normalized spacial score (nSPS) is 30.7. The maximum absolute atomic E-state index is 13.3. The molecular weight excluding hydrogens is 1040 g/mol. The lowest BCUT2D eigenvalue weighted by molar-refractivity contribution is -0.382. The molecule has 0 aromatic carbocycles. The molecule has 18 atom stereocenters. The van der Waals surface area contributed by atoms with E-state index in [0.29, 0.717) is 6.42 Å². The Kier molecular flexibility index (Phi) is 35.9. The third kappa shape index (κ3) is 25.0. The molecule has 0 aromatic heterocycles. The van der Waals surface area contributed by atoms with E-state index in [-0.39, 0.29) is 18.9 Å². The Balaban J connectivity index is 1.62. The average Bonchev–Trinajstić information content (AvgIpc) is 3.63. The number of hydrogen-bond donors (Lipinski definition) is 12. The van der Waals surface area contributed by atoms with Gasteiger partial charge in [0.1, 0.15) is 54.9 Å². The van der Waals surface area contributed by atoms with E-state index in [2.05, 4.69) is 24.5 Å². The quantitative estimate of drug-likeness (QED) is 0.0275. The molecule has 8 unspecified atom stereocenters. The highest BCUT2D eigenvalue weighted by Gasteiger charge is 2.60. The van der Waals surface area contributed by atoms with Crippen molar-refractivity contribution >= 4 is 17.8 Å². The summed E-state index contributed by atoms with van der Waals surface area (Å²) in [6, 6.07) is -2.46. The van der Waals surface area contributed by atoms with Crippen LogP contribution >= 0.6 is 0 Å². The Morgan fingerprint density at radius 3 is 1.65 bits per heavy atom. The molecule has 80 heavy (non-hydrogen) atoms. The van der Waals surface area contributed by atoms with Crippen molar-refractivity contribution in [3.63, 3.8) is 0 Å². The predicted octanol–water partition coefficient (Wildman–Crippen LogP) is 5.22. The first kappa shape index (κ1) is 71.8. The minimum Gasteiger partial charge on any atom is -0.477 e. The highest BCUT2D eigenvalue weighted by molar-refractivity contribution is 5.77. The second-order valence-corrected chi connectivity index (χ2v) is 22.9. The van der Waals surface area contributed by atoms with E-state index in [9.17, 15) is 65.4 Å². The van der Waals surface area contributed by atoms with E-state index in [1.807, 2.05) is 6.08 Å². The molecule has 3 rings (SSSR count).